The molecule has 1 aromatic carbocycles. The van der Waals surface area contributed by atoms with Crippen LogP contribution in [-0.2, 0) is 27.9 Å². The Bertz CT molecular complexity index is 1390. The summed E-state index contributed by atoms with van der Waals surface area (Å²) in [6.45, 7) is 12.5. The molecule has 4 aliphatic heterocycles. The minimum absolute atomic E-state index is 0.0692. The molecule has 4 aliphatic rings. The third-order valence-corrected chi connectivity index (χ3v) is 8.84. The van der Waals surface area contributed by atoms with E-state index in [0.29, 0.717) is 44.1 Å². The summed E-state index contributed by atoms with van der Waals surface area (Å²) in [5.41, 5.74) is 3.11. The van der Waals surface area contributed by atoms with Crippen LogP contribution in [0.2, 0.25) is 0 Å². The fraction of sp³-hybridized carbons (Fsp3) is 0.562. The molecule has 10 nitrogen and oxygen atoms in total. The Balaban J connectivity index is 1.13. The highest BCUT2D eigenvalue weighted by Crippen LogP contribution is 2.37. The molecule has 2 atom stereocenters. The zero-order valence-electron chi connectivity index (χ0n) is 25.2. The summed E-state index contributed by atoms with van der Waals surface area (Å²) in [5.74, 6) is 0.582. The van der Waals surface area contributed by atoms with Crippen LogP contribution >= 0.6 is 0 Å². The molecular formula is C32H41N5O5. The summed E-state index contributed by atoms with van der Waals surface area (Å²) in [6.07, 6.45) is 3.08. The Labute approximate surface area is 247 Å². The van der Waals surface area contributed by atoms with Crippen LogP contribution in [-0.4, -0.2) is 87.7 Å². The van der Waals surface area contributed by atoms with Crippen molar-refractivity contribution in [2.45, 2.75) is 89.6 Å². The number of rotatable bonds is 4. The van der Waals surface area contributed by atoms with Gasteiger partial charge >= 0.3 is 12.2 Å². The minimum Gasteiger partial charge on any atom is -0.444 e. The highest BCUT2D eigenvalue weighted by atomic mass is 16.6. The second-order valence-corrected chi connectivity index (χ2v) is 13.7. The molecule has 0 saturated carbocycles. The van der Waals surface area contributed by atoms with E-state index in [1.807, 2.05) is 50.1 Å². The normalized spacial score (nSPS) is 23.6. The molecule has 5 heterocycles. The summed E-state index contributed by atoms with van der Waals surface area (Å²) >= 11 is 0. The fourth-order valence-corrected chi connectivity index (χ4v) is 6.68. The van der Waals surface area contributed by atoms with Crippen molar-refractivity contribution in [3.63, 3.8) is 0 Å². The summed E-state index contributed by atoms with van der Waals surface area (Å²) in [4.78, 5) is 49.2. The van der Waals surface area contributed by atoms with Gasteiger partial charge in [0.25, 0.3) is 5.91 Å². The lowest BCUT2D eigenvalue weighted by molar-refractivity contribution is 0.0210. The largest absolute Gasteiger partial charge is 0.444 e. The van der Waals surface area contributed by atoms with E-state index in [1.165, 1.54) is 5.56 Å². The molecule has 224 valence electrons. The maximum Gasteiger partial charge on any atom is 0.410 e. The van der Waals surface area contributed by atoms with E-state index in [-0.39, 0.29) is 41.7 Å². The number of ether oxygens (including phenoxy) is 2. The number of amides is 3. The molecule has 6 rings (SSSR count). The number of benzene rings is 1. The van der Waals surface area contributed by atoms with E-state index in [9.17, 15) is 14.4 Å². The smallest absolute Gasteiger partial charge is 0.410 e. The van der Waals surface area contributed by atoms with Gasteiger partial charge in [0.15, 0.2) is 0 Å². The summed E-state index contributed by atoms with van der Waals surface area (Å²) < 4.78 is 11.4. The molecule has 10 heteroatoms. The number of piperidine rings is 1. The number of likely N-dealkylation sites (tertiary alicyclic amines) is 1. The average molecular weight is 576 g/mol. The van der Waals surface area contributed by atoms with Crippen LogP contribution in [0.1, 0.15) is 74.5 Å². The number of carbonyl (C=O) groups excluding carboxylic acids is 3. The number of hydrogen-bond donors (Lipinski definition) is 1. The van der Waals surface area contributed by atoms with Crippen molar-refractivity contribution in [1.82, 2.24) is 19.7 Å². The molecule has 1 N–H and O–H groups in total. The first-order valence-electron chi connectivity index (χ1n) is 15.0. The maximum absolute atomic E-state index is 13.9. The Hall–Kier alpha value is -3.82. The molecule has 42 heavy (non-hydrogen) atoms. The van der Waals surface area contributed by atoms with E-state index in [0.717, 1.165) is 30.4 Å². The number of aromatic nitrogens is 1. The SMILES string of the molecule is CC(C)(C)OC(=O)N1CCC(Nc2cc3c(cn2)C(C)(C)CN(CC2OC(=O)N4Cc5ccccc5C[C@@H]24)C3=O)CC1. The zero-order chi connectivity index (χ0) is 29.8. The van der Waals surface area contributed by atoms with Gasteiger partial charge in [0.1, 0.15) is 17.5 Å². The molecule has 2 saturated heterocycles. The van der Waals surface area contributed by atoms with E-state index in [4.69, 9.17) is 9.47 Å². The van der Waals surface area contributed by atoms with Crippen LogP contribution < -0.4 is 5.32 Å². The van der Waals surface area contributed by atoms with Crippen molar-refractivity contribution < 1.29 is 23.9 Å². The molecule has 1 aromatic heterocycles. The van der Waals surface area contributed by atoms with Gasteiger partial charge in [-0.25, -0.2) is 14.6 Å². The van der Waals surface area contributed by atoms with E-state index >= 15 is 0 Å². The lowest BCUT2D eigenvalue weighted by Gasteiger charge is -2.41. The van der Waals surface area contributed by atoms with E-state index in [2.05, 4.69) is 36.3 Å². The number of carbonyl (C=O) groups is 3. The lowest BCUT2D eigenvalue weighted by Crippen LogP contribution is -2.52. The van der Waals surface area contributed by atoms with Crippen LogP contribution in [0.25, 0.3) is 0 Å². The summed E-state index contributed by atoms with van der Waals surface area (Å²) in [6, 6.07) is 10.1. The Morgan fingerprint density at radius 1 is 1.14 bits per heavy atom. The zero-order valence-corrected chi connectivity index (χ0v) is 25.2. The molecule has 2 fully saturated rings. The Morgan fingerprint density at radius 3 is 2.57 bits per heavy atom. The van der Waals surface area contributed by atoms with Crippen LogP contribution in [0.15, 0.2) is 36.5 Å². The van der Waals surface area contributed by atoms with Crippen LogP contribution in [0.3, 0.4) is 0 Å². The van der Waals surface area contributed by atoms with Crippen LogP contribution in [0.4, 0.5) is 15.4 Å². The highest BCUT2D eigenvalue weighted by Gasteiger charge is 2.47. The third-order valence-electron chi connectivity index (χ3n) is 8.84. The first-order chi connectivity index (χ1) is 19.9. The fourth-order valence-electron chi connectivity index (χ4n) is 6.68. The van der Waals surface area contributed by atoms with E-state index < -0.39 is 5.60 Å². The minimum atomic E-state index is -0.520. The van der Waals surface area contributed by atoms with Gasteiger partial charge in [-0.05, 0) is 62.8 Å². The molecular weight excluding hydrogens is 534 g/mol. The quantitative estimate of drug-likeness (QED) is 0.570. The van der Waals surface area contributed by atoms with Crippen LogP contribution in [0, 0.1) is 0 Å². The first kappa shape index (κ1) is 28.3. The first-order valence-corrected chi connectivity index (χ1v) is 15.0. The standard InChI is InChI=1S/C32H41N5O5/c1-31(2,3)42-29(39)35-12-10-22(11-13-35)34-27-15-23-24(16-33-27)32(4,5)19-36(28(23)38)18-26-25-14-20-8-6-7-9-21(20)17-37(25)30(40)41-26/h6-9,15-16,22,25-26H,10-14,17-19H2,1-5H3,(H,33,34)/t25-,26?/m0/s1. The number of nitrogens with zero attached hydrogens (tertiary/aromatic N) is 4. The highest BCUT2D eigenvalue weighted by molar-refractivity contribution is 5.98. The van der Waals surface area contributed by atoms with Crippen molar-refractivity contribution >= 4 is 23.9 Å². The van der Waals surface area contributed by atoms with Gasteiger partial charge in [-0.3, -0.25) is 9.69 Å². The molecule has 1 unspecified atom stereocenters. The number of anilines is 1. The predicted octanol–water partition coefficient (Wildman–Crippen LogP) is 4.57. The number of cyclic esters (lactones) is 1. The van der Waals surface area contributed by atoms with Crippen molar-refractivity contribution in [2.24, 2.45) is 0 Å². The van der Waals surface area contributed by atoms with Crippen molar-refractivity contribution in [2.75, 3.05) is 31.5 Å². The van der Waals surface area contributed by atoms with Gasteiger partial charge in [0.05, 0.1) is 12.6 Å². The average Bonchev–Trinajstić information content (AvgIpc) is 3.23. The summed E-state index contributed by atoms with van der Waals surface area (Å²) in [5, 5.41) is 3.49. The number of pyridine rings is 1. The third kappa shape index (κ3) is 5.51. The van der Waals surface area contributed by atoms with Gasteiger partial charge in [-0.1, -0.05) is 38.1 Å². The maximum atomic E-state index is 13.9. The monoisotopic (exact) mass is 575 g/mol. The lowest BCUT2D eigenvalue weighted by atomic mass is 9.78. The molecule has 3 amide bonds. The van der Waals surface area contributed by atoms with Crippen molar-refractivity contribution in [3.05, 3.63) is 58.8 Å². The topological polar surface area (TPSA) is 104 Å². The van der Waals surface area contributed by atoms with Crippen molar-refractivity contribution in [1.29, 1.82) is 0 Å². The molecule has 2 aromatic rings. The van der Waals surface area contributed by atoms with E-state index in [1.54, 1.807) is 9.80 Å². The summed E-state index contributed by atoms with van der Waals surface area (Å²) in [7, 11) is 0. The van der Waals surface area contributed by atoms with Gasteiger partial charge in [-0.15, -0.1) is 0 Å². The Morgan fingerprint density at radius 2 is 1.86 bits per heavy atom. The van der Waals surface area contributed by atoms with Crippen molar-refractivity contribution in [3.8, 4) is 0 Å². The number of fused-ring (bicyclic) bond motifs is 3. The van der Waals surface area contributed by atoms with Gasteiger partial charge in [-0.2, -0.15) is 0 Å². The van der Waals surface area contributed by atoms with Gasteiger partial charge in [0, 0.05) is 49.4 Å². The number of hydrogen-bond acceptors (Lipinski definition) is 7. The molecule has 0 spiro atoms. The van der Waals surface area contributed by atoms with Gasteiger partial charge in [0.2, 0.25) is 0 Å². The predicted molar refractivity (Wildman–Crippen MR) is 157 cm³/mol. The van der Waals surface area contributed by atoms with Crippen LogP contribution in [0.5, 0.6) is 0 Å². The van der Waals surface area contributed by atoms with Gasteiger partial charge < -0.3 is 24.6 Å². The Kier molecular flexibility index (Phi) is 7.06. The number of nitrogens with one attached hydrogen (secondary N) is 1. The second-order valence-electron chi connectivity index (χ2n) is 13.7. The molecule has 0 radical (unpaired) electrons. The molecule has 0 aliphatic carbocycles. The second kappa shape index (κ2) is 10.5. The molecule has 0 bridgehead atoms.